The number of benzene rings is 3. The number of aliphatic hydroxyl groups is 9. The molecule has 3 amide bonds. The van der Waals surface area contributed by atoms with E-state index in [0.29, 0.717) is 58.7 Å². The van der Waals surface area contributed by atoms with Crippen molar-refractivity contribution in [1.29, 1.82) is 0 Å². The number of alkyl halides is 3. The highest BCUT2D eigenvalue weighted by Crippen LogP contribution is 2.39. The van der Waals surface area contributed by atoms with Crippen LogP contribution < -0.4 is 31.9 Å². The first-order valence-electron chi connectivity index (χ1n) is 35.1. The molecule has 9 aliphatic rings. The van der Waals surface area contributed by atoms with Gasteiger partial charge in [0.1, 0.15) is 125 Å². The second kappa shape index (κ2) is 38.0. The average molecular weight is 1590 g/mol. The molecule has 0 saturated carbocycles. The molecule has 105 heavy (non-hydrogen) atoms. The Kier molecular flexibility index (Phi) is 30.3. The number of amides is 3. The molecule has 3 aromatic rings. The third kappa shape index (κ3) is 19.8. The summed E-state index contributed by atoms with van der Waals surface area (Å²) in [5, 5.41) is 109. The minimum absolute atomic E-state index is 0.0331. The molecule has 582 valence electrons. The van der Waals surface area contributed by atoms with Crippen LogP contribution in [0.1, 0.15) is 56.7 Å². The first-order valence-corrected chi connectivity index (χ1v) is 40.2. The fraction of sp³-hybridized carbons (Fsp3) is 0.625. The minimum Gasteiger partial charge on any atom is -0.388 e. The topological polar surface area (TPSA) is 361 Å². The van der Waals surface area contributed by atoms with Gasteiger partial charge in [-0.05, 0) is 129 Å². The lowest BCUT2D eigenvalue weighted by atomic mass is 9.90. The quantitative estimate of drug-likeness (QED) is 0.0814. The highest BCUT2D eigenvalue weighted by atomic mass is 35.5. The molecule has 15 N–H and O–H groups in total. The van der Waals surface area contributed by atoms with Crippen LogP contribution in [-0.4, -0.2) is 282 Å². The third-order valence-electron chi connectivity index (χ3n) is 20.8. The molecule has 0 spiro atoms. The maximum Gasteiger partial charge on any atom is 0.240 e. The molecular formula is C72H96Cl3F3N6O18S3. The molecule has 9 heterocycles. The standard InChI is InChI=1S/3C24H32ClFN2O6S/c3*1-11(25)16(22-19(30)18(29)20(31)24(34-22)35-2)28-23(32)17-21-14(10-27-17)9-13(7-8-33-21)12-3-5-15(26)6-4-12/h2*3-6,9,11,14,16-22,24,27,29-31H,7-8,10H2,1-2H3,(H,28,32);3-7,11,14,16-22,24,27,29-31H,8-10H2,1-2H3,(H,28,32)/t3*11-,14-,16+,17-,18+,19?,20+,21+,22+,24?/m000/s1. The van der Waals surface area contributed by atoms with Crippen LogP contribution >= 0.6 is 70.1 Å². The van der Waals surface area contributed by atoms with Crippen molar-refractivity contribution >= 4 is 105 Å². The second-order valence-corrected chi connectivity index (χ2v) is 32.6. The number of rotatable bonds is 18. The Hall–Kier alpha value is -3.72. The van der Waals surface area contributed by atoms with Crippen molar-refractivity contribution in [3.63, 3.8) is 0 Å². The van der Waals surface area contributed by atoms with E-state index in [1.165, 1.54) is 71.7 Å². The smallest absolute Gasteiger partial charge is 0.240 e. The fourth-order valence-electron chi connectivity index (χ4n) is 15.0. The van der Waals surface area contributed by atoms with Crippen LogP contribution in [0.4, 0.5) is 13.2 Å². The van der Waals surface area contributed by atoms with Gasteiger partial charge in [-0.1, -0.05) is 54.6 Å². The Balaban J connectivity index is 0.000000169. The van der Waals surface area contributed by atoms with Gasteiger partial charge >= 0.3 is 0 Å². The molecule has 6 saturated heterocycles. The summed E-state index contributed by atoms with van der Waals surface area (Å²) in [4.78, 5) is 40.0. The maximum atomic E-state index is 13.3. The normalized spacial score (nSPS) is 37.1. The van der Waals surface area contributed by atoms with Crippen molar-refractivity contribution in [1.82, 2.24) is 31.9 Å². The average Bonchev–Trinajstić information content (AvgIpc) is 1.70. The van der Waals surface area contributed by atoms with E-state index < -0.39 is 154 Å². The van der Waals surface area contributed by atoms with Crippen molar-refractivity contribution < 1.29 is 102 Å². The maximum absolute atomic E-state index is 13.3. The number of nitrogens with one attached hydrogen (secondary N) is 6. The minimum atomic E-state index is -1.43. The van der Waals surface area contributed by atoms with Crippen LogP contribution in [0.25, 0.3) is 16.7 Å². The number of thioether (sulfide) groups is 3. The predicted molar refractivity (Wildman–Crippen MR) is 394 cm³/mol. The Morgan fingerprint density at radius 3 is 1.09 bits per heavy atom. The molecule has 0 aromatic heterocycles. The van der Waals surface area contributed by atoms with Gasteiger partial charge in [0.05, 0.1) is 72.4 Å². The Bertz CT molecular complexity index is 3310. The fourth-order valence-corrected chi connectivity index (χ4v) is 17.7. The summed E-state index contributed by atoms with van der Waals surface area (Å²) in [5.74, 6) is -2.03. The van der Waals surface area contributed by atoms with E-state index in [9.17, 15) is 73.5 Å². The van der Waals surface area contributed by atoms with E-state index in [1.807, 2.05) is 6.08 Å². The van der Waals surface area contributed by atoms with Gasteiger partial charge in [0.2, 0.25) is 17.7 Å². The van der Waals surface area contributed by atoms with E-state index in [1.54, 1.807) is 75.9 Å². The molecule has 30 atom stereocenters. The highest BCUT2D eigenvalue weighted by molar-refractivity contribution is 7.99. The molecule has 24 nitrogen and oxygen atoms in total. The van der Waals surface area contributed by atoms with Gasteiger partial charge in [0, 0.05) is 37.4 Å². The molecule has 9 aliphatic heterocycles. The summed E-state index contributed by atoms with van der Waals surface area (Å²) < 4.78 is 75.7. The summed E-state index contributed by atoms with van der Waals surface area (Å²) in [6.45, 7) is 7.75. The van der Waals surface area contributed by atoms with Gasteiger partial charge in [-0.3, -0.25) is 14.4 Å². The highest BCUT2D eigenvalue weighted by Gasteiger charge is 2.54. The van der Waals surface area contributed by atoms with E-state index in [-0.39, 0.29) is 59.0 Å². The molecule has 0 aliphatic carbocycles. The number of carbonyl (C=O) groups excluding carboxylic acids is 3. The van der Waals surface area contributed by atoms with Crippen molar-refractivity contribution in [2.24, 2.45) is 17.8 Å². The van der Waals surface area contributed by atoms with Crippen molar-refractivity contribution in [2.45, 2.75) is 200 Å². The molecular weight excluding hydrogens is 1500 g/mol. The van der Waals surface area contributed by atoms with Crippen LogP contribution in [0.5, 0.6) is 0 Å². The van der Waals surface area contributed by atoms with Gasteiger partial charge in [0.15, 0.2) is 0 Å². The van der Waals surface area contributed by atoms with E-state index >= 15 is 0 Å². The summed E-state index contributed by atoms with van der Waals surface area (Å²) in [6, 6.07) is 14.6. The summed E-state index contributed by atoms with van der Waals surface area (Å²) in [5.41, 5.74) is 3.57. The van der Waals surface area contributed by atoms with Crippen LogP contribution in [0.2, 0.25) is 0 Å². The Morgan fingerprint density at radius 2 is 0.762 bits per heavy atom. The number of allylic oxidation sites excluding steroid dienone is 1. The number of hydrogen-bond donors (Lipinski definition) is 15. The zero-order chi connectivity index (χ0) is 75.8. The molecule has 0 bridgehead atoms. The van der Waals surface area contributed by atoms with Crippen molar-refractivity contribution in [2.75, 3.05) is 58.2 Å². The Morgan fingerprint density at radius 1 is 0.448 bits per heavy atom. The molecule has 6 unspecified atom stereocenters. The van der Waals surface area contributed by atoms with Crippen LogP contribution in [-0.2, 0) is 42.8 Å². The number of ether oxygens (including phenoxy) is 6. The van der Waals surface area contributed by atoms with Gasteiger partial charge in [-0.2, -0.15) is 0 Å². The Labute approximate surface area is 636 Å². The molecule has 6 fully saturated rings. The molecule has 3 aromatic carbocycles. The molecule has 0 radical (unpaired) electrons. The van der Waals surface area contributed by atoms with E-state index in [2.05, 4.69) is 44.1 Å². The number of fused-ring (bicyclic) bond motifs is 3. The predicted octanol–water partition coefficient (Wildman–Crippen LogP) is 2.61. The summed E-state index contributed by atoms with van der Waals surface area (Å²) in [7, 11) is 0. The number of aliphatic hydroxyl groups excluding tert-OH is 9. The lowest BCUT2D eigenvalue weighted by molar-refractivity contribution is -0.205. The SMILES string of the molecule is CSC1O[C@H]([C@H](NC(=O)[C@H]2NC[C@@H]3C=C(c4ccc(F)cc4)CCO[C@@H]23)[C@H](C)Cl)C(O)[C@@H](O)[C@H]1O.CSC1O[C@H]([C@H](NC(=O)[C@H]2NC[C@@H]3C=C(c4ccc(F)cc4)CCO[C@@H]23)[C@H](C)Cl)C(O)[C@@H](O)[C@H]1O.CSC1O[C@H]([C@H](NC(=O)[C@H]2NC[C@@H]3CC(c4ccc(F)cc4)=CCO[C@H]32)[C@H](C)Cl)C(O)[C@@H](O)[C@H]1O. The van der Waals surface area contributed by atoms with E-state index in [4.69, 9.17) is 63.2 Å². The lowest BCUT2D eigenvalue weighted by Gasteiger charge is -2.44. The second-order valence-electron chi connectivity index (χ2n) is 27.7. The van der Waals surface area contributed by atoms with Crippen LogP contribution in [0, 0.1) is 35.2 Å². The zero-order valence-corrected chi connectivity index (χ0v) is 63.3. The first-order chi connectivity index (χ1) is 50.1. The molecule has 33 heteroatoms. The first kappa shape index (κ1) is 83.7. The van der Waals surface area contributed by atoms with Crippen molar-refractivity contribution in [3.8, 4) is 0 Å². The monoisotopic (exact) mass is 1590 g/mol. The summed E-state index contributed by atoms with van der Waals surface area (Å²) >= 11 is 22.7. The number of halogens is 6. The van der Waals surface area contributed by atoms with Gasteiger partial charge in [-0.25, -0.2) is 13.2 Å². The van der Waals surface area contributed by atoms with Crippen LogP contribution in [0.3, 0.4) is 0 Å². The van der Waals surface area contributed by atoms with Crippen LogP contribution in [0.15, 0.2) is 91.0 Å². The number of carbonyl (C=O) groups is 3. The summed E-state index contributed by atoms with van der Waals surface area (Å²) in [6.07, 6.45) is -3.41. The van der Waals surface area contributed by atoms with Gasteiger partial charge < -0.3 is 106 Å². The van der Waals surface area contributed by atoms with E-state index in [0.717, 1.165) is 33.4 Å². The largest absolute Gasteiger partial charge is 0.388 e. The van der Waals surface area contributed by atoms with Gasteiger partial charge in [-0.15, -0.1) is 70.1 Å². The van der Waals surface area contributed by atoms with Gasteiger partial charge in [0.25, 0.3) is 0 Å². The molecule has 12 rings (SSSR count). The third-order valence-corrected chi connectivity index (χ3v) is 24.2. The lowest BCUT2D eigenvalue weighted by Crippen LogP contribution is -2.65. The zero-order valence-electron chi connectivity index (χ0n) is 58.5. The van der Waals surface area contributed by atoms with Crippen molar-refractivity contribution in [3.05, 3.63) is 125 Å². The number of hydrogen-bond acceptors (Lipinski definition) is 24.